The van der Waals surface area contributed by atoms with Crippen molar-refractivity contribution in [1.29, 1.82) is 0 Å². The standard InChI is InChI=1S/C10H10N2/c1-2-10-11-6-5-9(8-3-4-8)12(10)7-1/h1-2,5-8H,3-4H2. The summed E-state index contributed by atoms with van der Waals surface area (Å²) >= 11 is 0. The second-order valence-electron chi connectivity index (χ2n) is 3.38. The lowest BCUT2D eigenvalue weighted by atomic mass is 10.3. The number of hydrogen-bond donors (Lipinski definition) is 0. The van der Waals surface area contributed by atoms with Crippen LogP contribution in [0.5, 0.6) is 0 Å². The van der Waals surface area contributed by atoms with Gasteiger partial charge in [0, 0.05) is 18.1 Å². The Hall–Kier alpha value is -1.31. The molecule has 1 fully saturated rings. The summed E-state index contributed by atoms with van der Waals surface area (Å²) in [5.41, 5.74) is 2.49. The predicted molar refractivity (Wildman–Crippen MR) is 47.2 cm³/mol. The van der Waals surface area contributed by atoms with Gasteiger partial charge < -0.3 is 4.40 Å². The van der Waals surface area contributed by atoms with Crippen LogP contribution in [-0.2, 0) is 0 Å². The van der Waals surface area contributed by atoms with Gasteiger partial charge in [-0.15, -0.1) is 0 Å². The van der Waals surface area contributed by atoms with Gasteiger partial charge in [-0.3, -0.25) is 0 Å². The second-order valence-corrected chi connectivity index (χ2v) is 3.38. The maximum absolute atomic E-state index is 4.28. The van der Waals surface area contributed by atoms with Gasteiger partial charge in [0.2, 0.25) is 0 Å². The number of rotatable bonds is 1. The Labute approximate surface area is 70.9 Å². The molecule has 0 spiro atoms. The molecule has 0 aliphatic heterocycles. The van der Waals surface area contributed by atoms with Crippen LogP contribution in [0.4, 0.5) is 0 Å². The number of aromatic nitrogens is 2. The monoisotopic (exact) mass is 158 g/mol. The van der Waals surface area contributed by atoms with Gasteiger partial charge in [0.05, 0.1) is 0 Å². The summed E-state index contributed by atoms with van der Waals surface area (Å²) in [4.78, 5) is 4.28. The molecule has 2 aromatic heterocycles. The quantitative estimate of drug-likeness (QED) is 0.622. The molecule has 2 heterocycles. The molecule has 3 rings (SSSR count). The highest BCUT2D eigenvalue weighted by molar-refractivity contribution is 5.41. The minimum Gasteiger partial charge on any atom is -0.305 e. The highest BCUT2D eigenvalue weighted by Crippen LogP contribution is 2.39. The normalized spacial score (nSPS) is 17.0. The van der Waals surface area contributed by atoms with Crippen LogP contribution < -0.4 is 0 Å². The van der Waals surface area contributed by atoms with Crippen molar-refractivity contribution in [3.8, 4) is 0 Å². The Kier molecular flexibility index (Phi) is 1.09. The molecule has 1 aliphatic carbocycles. The highest BCUT2D eigenvalue weighted by atomic mass is 15.0. The topological polar surface area (TPSA) is 17.3 Å². The maximum Gasteiger partial charge on any atom is 0.136 e. The fourth-order valence-electron chi connectivity index (χ4n) is 1.68. The minimum atomic E-state index is 0.794. The van der Waals surface area contributed by atoms with Gasteiger partial charge in [-0.1, -0.05) is 0 Å². The van der Waals surface area contributed by atoms with E-state index in [9.17, 15) is 0 Å². The molecule has 1 aliphatic rings. The highest BCUT2D eigenvalue weighted by Gasteiger charge is 2.25. The summed E-state index contributed by atoms with van der Waals surface area (Å²) in [6.45, 7) is 0. The van der Waals surface area contributed by atoms with Crippen molar-refractivity contribution in [2.75, 3.05) is 0 Å². The molecule has 0 bridgehead atoms. The molecule has 0 aromatic carbocycles. The lowest BCUT2D eigenvalue weighted by Gasteiger charge is -2.01. The first-order chi connectivity index (χ1) is 5.95. The largest absolute Gasteiger partial charge is 0.305 e. The van der Waals surface area contributed by atoms with Gasteiger partial charge in [0.15, 0.2) is 0 Å². The molecule has 1 saturated carbocycles. The van der Waals surface area contributed by atoms with E-state index in [2.05, 4.69) is 21.6 Å². The van der Waals surface area contributed by atoms with Gasteiger partial charge >= 0.3 is 0 Å². The van der Waals surface area contributed by atoms with Gasteiger partial charge in [-0.05, 0) is 37.0 Å². The fourth-order valence-corrected chi connectivity index (χ4v) is 1.68. The molecule has 12 heavy (non-hydrogen) atoms. The van der Waals surface area contributed by atoms with Crippen LogP contribution in [0, 0.1) is 0 Å². The van der Waals surface area contributed by atoms with Crippen molar-refractivity contribution < 1.29 is 0 Å². The van der Waals surface area contributed by atoms with E-state index in [1.54, 1.807) is 0 Å². The number of hydrogen-bond acceptors (Lipinski definition) is 1. The van der Waals surface area contributed by atoms with Crippen LogP contribution in [-0.4, -0.2) is 9.38 Å². The van der Waals surface area contributed by atoms with E-state index in [0.29, 0.717) is 0 Å². The van der Waals surface area contributed by atoms with Gasteiger partial charge in [0.25, 0.3) is 0 Å². The molecule has 0 radical (unpaired) electrons. The van der Waals surface area contributed by atoms with Crippen LogP contribution in [0.3, 0.4) is 0 Å². The Morgan fingerprint density at radius 2 is 2.25 bits per heavy atom. The summed E-state index contributed by atoms with van der Waals surface area (Å²) in [6.07, 6.45) is 6.69. The van der Waals surface area contributed by atoms with Crippen LogP contribution >= 0.6 is 0 Å². The van der Waals surface area contributed by atoms with E-state index in [-0.39, 0.29) is 0 Å². The molecule has 0 unspecified atom stereocenters. The van der Waals surface area contributed by atoms with Crippen molar-refractivity contribution in [2.45, 2.75) is 18.8 Å². The first-order valence-electron chi connectivity index (χ1n) is 4.37. The molecule has 2 heteroatoms. The molecule has 0 N–H and O–H groups in total. The Bertz CT molecular complexity index is 412. The summed E-state index contributed by atoms with van der Waals surface area (Å²) in [6, 6.07) is 6.23. The third-order valence-corrected chi connectivity index (χ3v) is 2.45. The third kappa shape index (κ3) is 0.779. The molecular formula is C10H10N2. The maximum atomic E-state index is 4.28. The second kappa shape index (κ2) is 2.09. The van der Waals surface area contributed by atoms with Crippen molar-refractivity contribution >= 4 is 5.65 Å². The van der Waals surface area contributed by atoms with Crippen molar-refractivity contribution in [3.05, 3.63) is 36.3 Å². The Morgan fingerprint density at radius 1 is 1.33 bits per heavy atom. The molecule has 60 valence electrons. The summed E-state index contributed by atoms with van der Waals surface area (Å²) in [5, 5.41) is 0. The molecule has 2 nitrogen and oxygen atoms in total. The van der Waals surface area contributed by atoms with E-state index >= 15 is 0 Å². The average molecular weight is 158 g/mol. The van der Waals surface area contributed by atoms with E-state index in [1.165, 1.54) is 18.5 Å². The zero-order valence-electron chi connectivity index (χ0n) is 6.77. The minimum absolute atomic E-state index is 0.794. The van der Waals surface area contributed by atoms with E-state index in [1.807, 2.05) is 18.3 Å². The first-order valence-corrected chi connectivity index (χ1v) is 4.37. The van der Waals surface area contributed by atoms with E-state index in [4.69, 9.17) is 0 Å². The first kappa shape index (κ1) is 6.23. The van der Waals surface area contributed by atoms with Crippen LogP contribution in [0.15, 0.2) is 30.6 Å². The van der Waals surface area contributed by atoms with Crippen LogP contribution in [0.2, 0.25) is 0 Å². The van der Waals surface area contributed by atoms with Crippen molar-refractivity contribution in [2.24, 2.45) is 0 Å². The van der Waals surface area contributed by atoms with Gasteiger partial charge in [-0.25, -0.2) is 4.98 Å². The van der Waals surface area contributed by atoms with Crippen molar-refractivity contribution in [3.63, 3.8) is 0 Å². The number of nitrogens with zero attached hydrogens (tertiary/aromatic N) is 2. The summed E-state index contributed by atoms with van der Waals surface area (Å²) in [5.74, 6) is 0.794. The molecular weight excluding hydrogens is 148 g/mol. The van der Waals surface area contributed by atoms with Crippen LogP contribution in [0.25, 0.3) is 5.65 Å². The van der Waals surface area contributed by atoms with Gasteiger partial charge in [-0.2, -0.15) is 0 Å². The third-order valence-electron chi connectivity index (χ3n) is 2.45. The fraction of sp³-hybridized carbons (Fsp3) is 0.300. The van der Waals surface area contributed by atoms with Crippen LogP contribution in [0.1, 0.15) is 24.5 Å². The summed E-state index contributed by atoms with van der Waals surface area (Å²) < 4.78 is 2.19. The molecule has 2 aromatic rings. The van der Waals surface area contributed by atoms with Gasteiger partial charge in [0.1, 0.15) is 5.65 Å². The number of fused-ring (bicyclic) bond motifs is 1. The van der Waals surface area contributed by atoms with E-state index < -0.39 is 0 Å². The molecule has 0 atom stereocenters. The zero-order chi connectivity index (χ0) is 7.97. The molecule has 0 saturated heterocycles. The zero-order valence-corrected chi connectivity index (χ0v) is 6.77. The average Bonchev–Trinajstić information content (AvgIpc) is 2.82. The molecule has 0 amide bonds. The Morgan fingerprint density at radius 3 is 3.08 bits per heavy atom. The lowest BCUT2D eigenvalue weighted by Crippen LogP contribution is -1.93. The SMILES string of the molecule is c1cc2nccc(C3CC3)n2c1. The smallest absolute Gasteiger partial charge is 0.136 e. The van der Waals surface area contributed by atoms with E-state index in [0.717, 1.165) is 11.6 Å². The lowest BCUT2D eigenvalue weighted by molar-refractivity contribution is 0.950. The Balaban J connectivity index is 2.32. The summed E-state index contributed by atoms with van der Waals surface area (Å²) in [7, 11) is 0. The van der Waals surface area contributed by atoms with Crippen molar-refractivity contribution in [1.82, 2.24) is 9.38 Å². The predicted octanol–water partition coefficient (Wildman–Crippen LogP) is 2.21.